The molecule has 3 heterocycles. The van der Waals surface area contributed by atoms with Gasteiger partial charge >= 0.3 is 0 Å². The van der Waals surface area contributed by atoms with Crippen LogP contribution in [0, 0.1) is 12.7 Å². The lowest BCUT2D eigenvalue weighted by molar-refractivity contribution is 0.0642. The van der Waals surface area contributed by atoms with Gasteiger partial charge in [-0.15, -0.1) is 0 Å². The quantitative estimate of drug-likeness (QED) is 0.425. The lowest BCUT2D eigenvalue weighted by atomic mass is 9.87. The Kier molecular flexibility index (Phi) is 4.20. The van der Waals surface area contributed by atoms with Crippen molar-refractivity contribution in [1.82, 2.24) is 9.88 Å². The average molecular weight is 440 g/mol. The number of pyridine rings is 1. The van der Waals surface area contributed by atoms with E-state index >= 15 is 0 Å². The summed E-state index contributed by atoms with van der Waals surface area (Å²) in [7, 11) is 0. The molecule has 0 radical (unpaired) electrons. The molecule has 7 heteroatoms. The molecule has 0 atom stereocenters. The normalized spacial score (nSPS) is 14.3. The van der Waals surface area contributed by atoms with Crippen molar-refractivity contribution in [2.45, 2.75) is 13.5 Å². The van der Waals surface area contributed by atoms with Crippen LogP contribution in [0.15, 0.2) is 60.9 Å². The number of carbonyl (C=O) groups is 2. The predicted molar refractivity (Wildman–Crippen MR) is 119 cm³/mol. The molecule has 0 fully saturated rings. The zero-order chi connectivity index (χ0) is 22.7. The van der Waals surface area contributed by atoms with E-state index in [9.17, 15) is 14.0 Å². The second kappa shape index (κ2) is 7.13. The molecule has 6 nitrogen and oxygen atoms in total. The van der Waals surface area contributed by atoms with Crippen molar-refractivity contribution >= 4 is 22.6 Å². The molecule has 2 aliphatic heterocycles. The molecular formula is C26H17FN2O4. The first-order valence-electron chi connectivity index (χ1n) is 10.4. The highest BCUT2D eigenvalue weighted by atomic mass is 19.1. The highest BCUT2D eigenvalue weighted by molar-refractivity contribution is 6.28. The molecular weight excluding hydrogens is 423 g/mol. The zero-order valence-corrected chi connectivity index (χ0v) is 17.6. The summed E-state index contributed by atoms with van der Waals surface area (Å²) in [4.78, 5) is 32.4. The van der Waals surface area contributed by atoms with Gasteiger partial charge in [0.25, 0.3) is 11.8 Å². The summed E-state index contributed by atoms with van der Waals surface area (Å²) in [6.45, 7) is 2.07. The summed E-state index contributed by atoms with van der Waals surface area (Å²) in [5, 5.41) is 1.53. The number of aromatic nitrogens is 1. The van der Waals surface area contributed by atoms with Gasteiger partial charge in [0.15, 0.2) is 11.5 Å². The fourth-order valence-corrected chi connectivity index (χ4v) is 4.62. The first-order chi connectivity index (χ1) is 16.0. The molecule has 0 aliphatic carbocycles. The minimum absolute atomic E-state index is 0.105. The van der Waals surface area contributed by atoms with Crippen molar-refractivity contribution in [3.63, 3.8) is 0 Å². The van der Waals surface area contributed by atoms with E-state index in [4.69, 9.17) is 9.47 Å². The fourth-order valence-electron chi connectivity index (χ4n) is 4.62. The summed E-state index contributed by atoms with van der Waals surface area (Å²) in [6.07, 6.45) is 3.25. The van der Waals surface area contributed by atoms with Gasteiger partial charge in [-0.1, -0.05) is 12.1 Å². The Morgan fingerprint density at radius 2 is 1.52 bits per heavy atom. The molecule has 0 saturated carbocycles. The molecule has 3 aromatic carbocycles. The average Bonchev–Trinajstić information content (AvgIpc) is 3.38. The number of ether oxygens (including phenoxy) is 2. The van der Waals surface area contributed by atoms with Crippen molar-refractivity contribution < 1.29 is 23.5 Å². The third kappa shape index (κ3) is 2.89. The monoisotopic (exact) mass is 440 g/mol. The second-order valence-electron chi connectivity index (χ2n) is 8.06. The number of halogens is 1. The lowest BCUT2D eigenvalue weighted by Gasteiger charge is -2.15. The third-order valence-corrected chi connectivity index (χ3v) is 6.20. The first-order valence-corrected chi connectivity index (χ1v) is 10.4. The van der Waals surface area contributed by atoms with E-state index in [1.807, 2.05) is 19.1 Å². The smallest absolute Gasteiger partial charge is 0.262 e. The molecule has 0 bridgehead atoms. The topological polar surface area (TPSA) is 68.7 Å². The van der Waals surface area contributed by atoms with E-state index in [1.165, 1.54) is 17.0 Å². The molecule has 2 aliphatic rings. The van der Waals surface area contributed by atoms with Gasteiger partial charge in [-0.3, -0.25) is 19.5 Å². The summed E-state index contributed by atoms with van der Waals surface area (Å²) >= 11 is 0. The van der Waals surface area contributed by atoms with E-state index < -0.39 is 0 Å². The van der Waals surface area contributed by atoms with Crippen molar-refractivity contribution in [2.24, 2.45) is 0 Å². The van der Waals surface area contributed by atoms with Crippen molar-refractivity contribution in [3.8, 4) is 22.6 Å². The van der Waals surface area contributed by atoms with Crippen LogP contribution in [0.3, 0.4) is 0 Å². The van der Waals surface area contributed by atoms with Crippen LogP contribution in [0.1, 0.15) is 31.8 Å². The van der Waals surface area contributed by atoms with Crippen molar-refractivity contribution in [1.29, 1.82) is 0 Å². The third-order valence-electron chi connectivity index (χ3n) is 6.20. The van der Waals surface area contributed by atoms with E-state index in [1.54, 1.807) is 36.7 Å². The Bertz CT molecular complexity index is 1470. The number of nitrogens with zero attached hydrogens (tertiary/aromatic N) is 2. The highest BCUT2D eigenvalue weighted by Gasteiger charge is 2.40. The molecule has 2 amide bonds. The molecule has 33 heavy (non-hydrogen) atoms. The van der Waals surface area contributed by atoms with Gasteiger partial charge in [-0.25, -0.2) is 4.39 Å². The molecule has 0 unspecified atom stereocenters. The fraction of sp³-hybridized carbons (Fsp3) is 0.115. The van der Waals surface area contributed by atoms with Crippen molar-refractivity contribution in [2.75, 3.05) is 6.79 Å². The molecule has 0 saturated heterocycles. The maximum absolute atomic E-state index is 13.7. The van der Waals surface area contributed by atoms with E-state index in [-0.39, 0.29) is 31.0 Å². The Labute approximate surface area is 188 Å². The molecule has 0 N–H and O–H groups in total. The Hall–Kier alpha value is -4.26. The summed E-state index contributed by atoms with van der Waals surface area (Å²) < 4.78 is 24.8. The number of fused-ring (bicyclic) bond motifs is 3. The van der Waals surface area contributed by atoms with Gasteiger partial charge in [0, 0.05) is 18.0 Å². The summed E-state index contributed by atoms with van der Waals surface area (Å²) in [5.74, 6) is 0.0313. The van der Waals surface area contributed by atoms with Crippen LogP contribution < -0.4 is 9.47 Å². The highest BCUT2D eigenvalue weighted by Crippen LogP contribution is 2.46. The van der Waals surface area contributed by atoms with Crippen LogP contribution in [0.25, 0.3) is 21.9 Å². The lowest BCUT2D eigenvalue weighted by Crippen LogP contribution is -2.29. The maximum atomic E-state index is 13.7. The van der Waals surface area contributed by atoms with Crippen LogP contribution in [0.4, 0.5) is 4.39 Å². The minimum Gasteiger partial charge on any atom is -0.454 e. The van der Waals surface area contributed by atoms with Crippen LogP contribution in [0.2, 0.25) is 0 Å². The number of amides is 2. The molecule has 1 aromatic heterocycles. The molecule has 0 spiro atoms. The molecule has 6 rings (SSSR count). The van der Waals surface area contributed by atoms with Gasteiger partial charge in [-0.2, -0.15) is 0 Å². The minimum atomic E-state index is -0.383. The molecule has 162 valence electrons. The van der Waals surface area contributed by atoms with Crippen LogP contribution in [-0.4, -0.2) is 28.5 Å². The standard InChI is InChI=1S/C26H17FN2O4/c1-14-18-10-20-21(33-13-32-20)11-19(18)23(16-2-4-17(27)5-3-16)24-22(14)25(30)29(26(24)31)12-15-6-8-28-9-7-15/h2-11H,12-13H2,1H3. The van der Waals surface area contributed by atoms with E-state index in [0.717, 1.165) is 16.3 Å². The van der Waals surface area contributed by atoms with Gasteiger partial charge in [0.2, 0.25) is 6.79 Å². The van der Waals surface area contributed by atoms with Crippen LogP contribution in [0.5, 0.6) is 11.5 Å². The summed E-state index contributed by atoms with van der Waals surface area (Å²) in [5.41, 5.74) is 3.40. The Balaban J connectivity index is 1.63. The van der Waals surface area contributed by atoms with E-state index in [0.29, 0.717) is 39.3 Å². The summed E-state index contributed by atoms with van der Waals surface area (Å²) in [6, 6.07) is 13.1. The Morgan fingerprint density at radius 3 is 2.21 bits per heavy atom. The van der Waals surface area contributed by atoms with Gasteiger partial charge in [0.1, 0.15) is 5.82 Å². The number of aryl methyl sites for hydroxylation is 1. The number of benzene rings is 3. The second-order valence-corrected chi connectivity index (χ2v) is 8.06. The number of hydrogen-bond acceptors (Lipinski definition) is 5. The number of hydrogen-bond donors (Lipinski definition) is 0. The predicted octanol–water partition coefficient (Wildman–Crippen LogP) is 4.87. The van der Waals surface area contributed by atoms with Crippen LogP contribution >= 0.6 is 0 Å². The van der Waals surface area contributed by atoms with Gasteiger partial charge in [0.05, 0.1) is 17.7 Å². The molecule has 4 aromatic rings. The number of carbonyl (C=O) groups excluding carboxylic acids is 2. The van der Waals surface area contributed by atoms with Gasteiger partial charge in [-0.05, 0) is 70.8 Å². The SMILES string of the molecule is Cc1c2c(c(-c3ccc(F)cc3)c3cc4c(cc13)OCO4)C(=O)N(Cc1ccncc1)C2=O. The Morgan fingerprint density at radius 1 is 0.879 bits per heavy atom. The van der Waals surface area contributed by atoms with Gasteiger partial charge < -0.3 is 9.47 Å². The largest absolute Gasteiger partial charge is 0.454 e. The number of rotatable bonds is 3. The zero-order valence-electron chi connectivity index (χ0n) is 17.6. The van der Waals surface area contributed by atoms with E-state index in [2.05, 4.69) is 4.98 Å². The van der Waals surface area contributed by atoms with Crippen molar-refractivity contribution in [3.05, 3.63) is 89.0 Å². The van der Waals surface area contributed by atoms with Crippen LogP contribution in [-0.2, 0) is 6.54 Å². The number of imide groups is 1. The maximum Gasteiger partial charge on any atom is 0.262 e. The first kappa shape index (κ1) is 19.4.